The van der Waals surface area contributed by atoms with Crippen molar-refractivity contribution in [3.63, 3.8) is 0 Å². The highest BCUT2D eigenvalue weighted by molar-refractivity contribution is 5.83. The molecule has 0 bridgehead atoms. The normalized spacial score (nSPS) is 10.9. The van der Waals surface area contributed by atoms with Gasteiger partial charge in [0, 0.05) is 19.7 Å². The Morgan fingerprint density at radius 3 is 2.57 bits per heavy atom. The molecular formula is C18H25NO2. The number of rotatable bonds is 10. The molecule has 3 nitrogen and oxygen atoms in total. The summed E-state index contributed by atoms with van der Waals surface area (Å²) in [7, 11) is 0. The lowest BCUT2D eigenvalue weighted by atomic mass is 10.1. The predicted molar refractivity (Wildman–Crippen MR) is 88.0 cm³/mol. The Morgan fingerprint density at radius 2 is 1.71 bits per heavy atom. The van der Waals surface area contributed by atoms with Crippen molar-refractivity contribution in [1.82, 2.24) is 5.32 Å². The molecule has 2 aromatic carbocycles. The molecule has 0 amide bonds. The summed E-state index contributed by atoms with van der Waals surface area (Å²) in [6.07, 6.45) is 2.33. The van der Waals surface area contributed by atoms with Gasteiger partial charge in [-0.2, -0.15) is 0 Å². The minimum atomic E-state index is 0.674. The molecule has 0 aliphatic carbocycles. The fraction of sp³-hybridized carbons (Fsp3) is 0.444. The molecule has 0 heterocycles. The SMILES string of the molecule is CCCCOCCNCCOc1ccc2ccccc2c1. The lowest BCUT2D eigenvalue weighted by Gasteiger charge is -2.09. The van der Waals surface area contributed by atoms with Crippen LogP contribution in [0.15, 0.2) is 42.5 Å². The third kappa shape index (κ3) is 5.74. The van der Waals surface area contributed by atoms with E-state index in [0.29, 0.717) is 6.61 Å². The van der Waals surface area contributed by atoms with Gasteiger partial charge in [-0.25, -0.2) is 0 Å². The zero-order chi connectivity index (χ0) is 14.8. The van der Waals surface area contributed by atoms with Crippen LogP contribution >= 0.6 is 0 Å². The van der Waals surface area contributed by atoms with Gasteiger partial charge in [0.1, 0.15) is 12.4 Å². The molecule has 1 N–H and O–H groups in total. The molecule has 114 valence electrons. The molecule has 21 heavy (non-hydrogen) atoms. The van der Waals surface area contributed by atoms with Crippen molar-refractivity contribution in [3.05, 3.63) is 42.5 Å². The van der Waals surface area contributed by atoms with Gasteiger partial charge in [0.05, 0.1) is 6.61 Å². The van der Waals surface area contributed by atoms with Gasteiger partial charge in [0.15, 0.2) is 0 Å². The molecule has 0 spiro atoms. The zero-order valence-corrected chi connectivity index (χ0v) is 12.8. The second-order valence-corrected chi connectivity index (χ2v) is 5.07. The van der Waals surface area contributed by atoms with Crippen LogP contribution < -0.4 is 10.1 Å². The van der Waals surface area contributed by atoms with E-state index >= 15 is 0 Å². The maximum absolute atomic E-state index is 5.76. The molecule has 0 saturated carbocycles. The fourth-order valence-corrected chi connectivity index (χ4v) is 2.12. The van der Waals surface area contributed by atoms with E-state index in [9.17, 15) is 0 Å². The van der Waals surface area contributed by atoms with E-state index in [4.69, 9.17) is 9.47 Å². The van der Waals surface area contributed by atoms with E-state index in [-0.39, 0.29) is 0 Å². The molecule has 2 aromatic rings. The minimum Gasteiger partial charge on any atom is -0.492 e. The number of nitrogens with one attached hydrogen (secondary N) is 1. The lowest BCUT2D eigenvalue weighted by molar-refractivity contribution is 0.132. The second kappa shape index (κ2) is 9.37. The van der Waals surface area contributed by atoms with E-state index in [1.807, 2.05) is 12.1 Å². The number of benzene rings is 2. The molecule has 0 saturated heterocycles. The minimum absolute atomic E-state index is 0.674. The van der Waals surface area contributed by atoms with Crippen molar-refractivity contribution in [2.45, 2.75) is 19.8 Å². The van der Waals surface area contributed by atoms with Crippen molar-refractivity contribution in [3.8, 4) is 5.75 Å². The molecule has 3 heteroatoms. The van der Waals surface area contributed by atoms with Crippen LogP contribution in [0.5, 0.6) is 5.75 Å². The van der Waals surface area contributed by atoms with Gasteiger partial charge in [0.2, 0.25) is 0 Å². The summed E-state index contributed by atoms with van der Waals surface area (Å²) in [5, 5.41) is 5.78. The van der Waals surface area contributed by atoms with Gasteiger partial charge in [-0.3, -0.25) is 0 Å². The van der Waals surface area contributed by atoms with Crippen molar-refractivity contribution in [2.24, 2.45) is 0 Å². The first-order valence-electron chi connectivity index (χ1n) is 7.80. The van der Waals surface area contributed by atoms with Gasteiger partial charge in [0.25, 0.3) is 0 Å². The summed E-state index contributed by atoms with van der Waals surface area (Å²) in [5.41, 5.74) is 0. The molecule has 0 aliphatic heterocycles. The highest BCUT2D eigenvalue weighted by Gasteiger charge is 1.97. The third-order valence-electron chi connectivity index (χ3n) is 3.33. The lowest BCUT2D eigenvalue weighted by Crippen LogP contribution is -2.25. The van der Waals surface area contributed by atoms with E-state index in [2.05, 4.69) is 42.6 Å². The van der Waals surface area contributed by atoms with E-state index in [1.54, 1.807) is 0 Å². The van der Waals surface area contributed by atoms with Crippen LogP contribution in [0.4, 0.5) is 0 Å². The van der Waals surface area contributed by atoms with Crippen LogP contribution in [0.25, 0.3) is 10.8 Å². The summed E-state index contributed by atoms with van der Waals surface area (Å²) >= 11 is 0. The van der Waals surface area contributed by atoms with Crippen LogP contribution in [-0.2, 0) is 4.74 Å². The van der Waals surface area contributed by atoms with Crippen LogP contribution in [0.2, 0.25) is 0 Å². The molecule has 0 aromatic heterocycles. The Balaban J connectivity index is 1.59. The van der Waals surface area contributed by atoms with Crippen LogP contribution in [-0.4, -0.2) is 32.9 Å². The quantitative estimate of drug-likeness (QED) is 0.677. The Morgan fingerprint density at radius 1 is 0.905 bits per heavy atom. The summed E-state index contributed by atoms with van der Waals surface area (Å²) in [6, 6.07) is 14.5. The van der Waals surface area contributed by atoms with Gasteiger partial charge >= 0.3 is 0 Å². The Labute approximate surface area is 127 Å². The van der Waals surface area contributed by atoms with Gasteiger partial charge in [-0.05, 0) is 29.3 Å². The smallest absolute Gasteiger partial charge is 0.120 e. The first kappa shape index (κ1) is 15.8. The molecule has 0 atom stereocenters. The number of hydrogen-bond acceptors (Lipinski definition) is 3. The van der Waals surface area contributed by atoms with Gasteiger partial charge < -0.3 is 14.8 Å². The summed E-state index contributed by atoms with van der Waals surface area (Å²) in [5.74, 6) is 0.926. The predicted octanol–water partition coefficient (Wildman–Crippen LogP) is 3.62. The summed E-state index contributed by atoms with van der Waals surface area (Å²) < 4.78 is 11.2. The maximum atomic E-state index is 5.76. The van der Waals surface area contributed by atoms with Crippen molar-refractivity contribution in [1.29, 1.82) is 0 Å². The maximum Gasteiger partial charge on any atom is 0.120 e. The Kier molecular flexibility index (Phi) is 7.05. The van der Waals surface area contributed by atoms with E-state index in [1.165, 1.54) is 17.2 Å². The first-order chi connectivity index (χ1) is 10.4. The van der Waals surface area contributed by atoms with Gasteiger partial charge in [-0.15, -0.1) is 0 Å². The monoisotopic (exact) mass is 287 g/mol. The van der Waals surface area contributed by atoms with Crippen LogP contribution in [0.1, 0.15) is 19.8 Å². The highest BCUT2D eigenvalue weighted by Crippen LogP contribution is 2.20. The van der Waals surface area contributed by atoms with Crippen LogP contribution in [0.3, 0.4) is 0 Å². The van der Waals surface area contributed by atoms with Gasteiger partial charge in [-0.1, -0.05) is 43.7 Å². The second-order valence-electron chi connectivity index (χ2n) is 5.07. The molecule has 0 unspecified atom stereocenters. The van der Waals surface area contributed by atoms with Crippen molar-refractivity contribution in [2.75, 3.05) is 32.9 Å². The largest absolute Gasteiger partial charge is 0.492 e. The standard InChI is InChI=1S/C18H25NO2/c1-2-3-12-20-13-10-19-11-14-21-18-9-8-16-6-4-5-7-17(16)15-18/h4-9,15,19H,2-3,10-14H2,1H3. The number of fused-ring (bicyclic) bond motifs is 1. The Bertz CT molecular complexity index is 527. The van der Waals surface area contributed by atoms with Crippen molar-refractivity contribution < 1.29 is 9.47 Å². The molecule has 0 aliphatic rings. The highest BCUT2D eigenvalue weighted by atomic mass is 16.5. The topological polar surface area (TPSA) is 30.5 Å². The van der Waals surface area contributed by atoms with E-state index < -0.39 is 0 Å². The first-order valence-corrected chi connectivity index (χ1v) is 7.80. The molecule has 0 fully saturated rings. The average molecular weight is 287 g/mol. The van der Waals surface area contributed by atoms with Crippen LogP contribution in [0, 0.1) is 0 Å². The fourth-order valence-electron chi connectivity index (χ4n) is 2.12. The number of unbranched alkanes of at least 4 members (excludes halogenated alkanes) is 1. The Hall–Kier alpha value is -1.58. The van der Waals surface area contributed by atoms with Crippen molar-refractivity contribution >= 4 is 10.8 Å². The molecule has 2 rings (SSSR count). The zero-order valence-electron chi connectivity index (χ0n) is 12.8. The average Bonchev–Trinajstić information content (AvgIpc) is 2.53. The summed E-state index contributed by atoms with van der Waals surface area (Å²) in [4.78, 5) is 0. The molecule has 0 radical (unpaired) electrons. The van der Waals surface area contributed by atoms with E-state index in [0.717, 1.165) is 38.5 Å². The molecular weight excluding hydrogens is 262 g/mol. The number of ether oxygens (including phenoxy) is 2. The summed E-state index contributed by atoms with van der Waals surface area (Å²) in [6.45, 7) is 6.20. The number of hydrogen-bond donors (Lipinski definition) is 1. The third-order valence-corrected chi connectivity index (χ3v) is 3.33.